The maximum atomic E-state index is 13.7. The predicted octanol–water partition coefficient (Wildman–Crippen LogP) is 3.21. The van der Waals surface area contributed by atoms with Crippen LogP contribution in [0.4, 0.5) is 19.3 Å². The summed E-state index contributed by atoms with van der Waals surface area (Å²) in [5.74, 6) is -1.84. The van der Waals surface area contributed by atoms with E-state index in [9.17, 15) is 13.6 Å². The van der Waals surface area contributed by atoms with Gasteiger partial charge < -0.3 is 5.11 Å². The largest absolute Gasteiger partial charge is 0.465 e. The molecule has 2 rings (SSSR count). The smallest absolute Gasteiger partial charge is 0.409 e. The maximum absolute atomic E-state index is 13.7. The van der Waals surface area contributed by atoms with Crippen LogP contribution < -0.4 is 5.32 Å². The van der Waals surface area contributed by atoms with Crippen molar-refractivity contribution in [3.8, 4) is 0 Å². The lowest BCUT2D eigenvalue weighted by Crippen LogP contribution is -2.10. The highest BCUT2D eigenvalue weighted by molar-refractivity contribution is 5.91. The number of nitrogens with one attached hydrogen (secondary N) is 1. The Bertz CT molecular complexity index is 569. The van der Waals surface area contributed by atoms with Gasteiger partial charge >= 0.3 is 6.09 Å². The average molecular weight is 223 g/mol. The summed E-state index contributed by atoms with van der Waals surface area (Å²) >= 11 is 0. The molecule has 2 aromatic carbocycles. The Morgan fingerprint density at radius 3 is 2.62 bits per heavy atom. The Morgan fingerprint density at radius 2 is 1.94 bits per heavy atom. The van der Waals surface area contributed by atoms with Gasteiger partial charge in [-0.15, -0.1) is 0 Å². The zero-order valence-corrected chi connectivity index (χ0v) is 8.00. The summed E-state index contributed by atoms with van der Waals surface area (Å²) in [6.45, 7) is 0. The number of fused-ring (bicyclic) bond motifs is 1. The van der Waals surface area contributed by atoms with Gasteiger partial charge in [-0.05, 0) is 11.5 Å². The number of amides is 1. The molecule has 0 aliphatic carbocycles. The SMILES string of the molecule is O=C(O)Nc1c(F)cc2ccccc2c1F. The van der Waals surface area contributed by atoms with E-state index in [0.29, 0.717) is 5.39 Å². The number of carboxylic acid groups (broad SMARTS) is 1. The van der Waals surface area contributed by atoms with Crippen molar-refractivity contribution >= 4 is 22.6 Å². The number of hydrogen-bond donors (Lipinski definition) is 2. The Balaban J connectivity index is 2.70. The highest BCUT2D eigenvalue weighted by Crippen LogP contribution is 2.27. The van der Waals surface area contributed by atoms with Gasteiger partial charge in [0.2, 0.25) is 0 Å². The Morgan fingerprint density at radius 1 is 1.25 bits per heavy atom. The predicted molar refractivity (Wildman–Crippen MR) is 55.5 cm³/mol. The van der Waals surface area contributed by atoms with E-state index in [4.69, 9.17) is 5.11 Å². The van der Waals surface area contributed by atoms with Crippen molar-refractivity contribution < 1.29 is 18.7 Å². The lowest BCUT2D eigenvalue weighted by molar-refractivity contribution is 0.209. The Kier molecular flexibility index (Phi) is 2.44. The van der Waals surface area contributed by atoms with Crippen molar-refractivity contribution in [3.05, 3.63) is 42.0 Å². The van der Waals surface area contributed by atoms with Gasteiger partial charge in [-0.3, -0.25) is 5.32 Å². The average Bonchev–Trinajstić information content (AvgIpc) is 2.24. The number of halogens is 2. The zero-order valence-electron chi connectivity index (χ0n) is 8.00. The molecule has 0 radical (unpaired) electrons. The lowest BCUT2D eigenvalue weighted by Gasteiger charge is -2.07. The second-order valence-electron chi connectivity index (χ2n) is 3.20. The second kappa shape index (κ2) is 3.77. The molecule has 0 saturated carbocycles. The first-order valence-corrected chi connectivity index (χ1v) is 4.46. The number of rotatable bonds is 1. The third kappa shape index (κ3) is 1.67. The van der Waals surface area contributed by atoms with Crippen LogP contribution in [0.15, 0.2) is 30.3 Å². The third-order valence-corrected chi connectivity index (χ3v) is 2.17. The molecule has 0 heterocycles. The van der Waals surface area contributed by atoms with Crippen molar-refractivity contribution in [3.63, 3.8) is 0 Å². The molecule has 0 aliphatic rings. The first-order chi connectivity index (χ1) is 7.59. The molecule has 0 aromatic heterocycles. The van der Waals surface area contributed by atoms with Gasteiger partial charge in [0.15, 0.2) is 5.82 Å². The molecular formula is C11H7F2NO2. The highest BCUT2D eigenvalue weighted by atomic mass is 19.1. The van der Waals surface area contributed by atoms with Gasteiger partial charge in [-0.25, -0.2) is 13.6 Å². The summed E-state index contributed by atoms with van der Waals surface area (Å²) in [4.78, 5) is 10.4. The van der Waals surface area contributed by atoms with Crippen molar-refractivity contribution in [2.24, 2.45) is 0 Å². The van der Waals surface area contributed by atoms with E-state index in [-0.39, 0.29) is 5.39 Å². The Labute approximate surface area is 89.3 Å². The van der Waals surface area contributed by atoms with E-state index in [1.54, 1.807) is 23.5 Å². The summed E-state index contributed by atoms with van der Waals surface area (Å²) < 4.78 is 27.1. The van der Waals surface area contributed by atoms with E-state index >= 15 is 0 Å². The van der Waals surface area contributed by atoms with E-state index in [1.165, 1.54) is 6.07 Å². The number of hydrogen-bond acceptors (Lipinski definition) is 1. The van der Waals surface area contributed by atoms with Crippen LogP contribution in [0, 0.1) is 11.6 Å². The quantitative estimate of drug-likeness (QED) is 0.779. The summed E-state index contributed by atoms with van der Waals surface area (Å²) in [6, 6.07) is 7.33. The second-order valence-corrected chi connectivity index (χ2v) is 3.20. The lowest BCUT2D eigenvalue weighted by atomic mass is 10.1. The van der Waals surface area contributed by atoms with Crippen LogP contribution in [0.1, 0.15) is 0 Å². The van der Waals surface area contributed by atoms with E-state index < -0.39 is 23.4 Å². The normalized spacial score (nSPS) is 10.4. The summed E-state index contributed by atoms with van der Waals surface area (Å²) in [6.07, 6.45) is -1.51. The van der Waals surface area contributed by atoms with Crippen molar-refractivity contribution in [2.45, 2.75) is 0 Å². The van der Waals surface area contributed by atoms with Gasteiger partial charge in [0, 0.05) is 5.39 Å². The van der Waals surface area contributed by atoms with Gasteiger partial charge in [-0.1, -0.05) is 24.3 Å². The number of anilines is 1. The molecule has 0 saturated heterocycles. The van der Waals surface area contributed by atoms with Gasteiger partial charge in [0.05, 0.1) is 0 Å². The fourth-order valence-electron chi connectivity index (χ4n) is 1.49. The molecule has 5 heteroatoms. The minimum atomic E-state index is -1.51. The van der Waals surface area contributed by atoms with Crippen molar-refractivity contribution in [1.29, 1.82) is 0 Å². The molecule has 1 amide bonds. The summed E-state index contributed by atoms with van der Waals surface area (Å²) in [7, 11) is 0. The molecule has 16 heavy (non-hydrogen) atoms. The standard InChI is InChI=1S/C11H7F2NO2/c12-8-5-6-3-1-2-4-7(6)9(13)10(8)14-11(15)16/h1-5,14H,(H,15,16). The minimum Gasteiger partial charge on any atom is -0.465 e. The van der Waals surface area contributed by atoms with E-state index in [2.05, 4.69) is 0 Å². The third-order valence-electron chi connectivity index (χ3n) is 2.17. The molecule has 2 N–H and O–H groups in total. The summed E-state index contributed by atoms with van der Waals surface area (Å²) in [5.41, 5.74) is -0.647. The van der Waals surface area contributed by atoms with Crippen LogP contribution in [0.5, 0.6) is 0 Å². The number of benzene rings is 2. The van der Waals surface area contributed by atoms with Crippen LogP contribution in [-0.4, -0.2) is 11.2 Å². The fourth-order valence-corrected chi connectivity index (χ4v) is 1.49. The fraction of sp³-hybridized carbons (Fsp3) is 0. The van der Waals surface area contributed by atoms with E-state index in [0.717, 1.165) is 6.07 Å². The molecular weight excluding hydrogens is 216 g/mol. The van der Waals surface area contributed by atoms with E-state index in [1.807, 2.05) is 0 Å². The first kappa shape index (κ1) is 10.4. The molecule has 0 aliphatic heterocycles. The summed E-state index contributed by atoms with van der Waals surface area (Å²) in [5, 5.41) is 10.7. The zero-order chi connectivity index (χ0) is 11.7. The van der Waals surface area contributed by atoms with Crippen molar-refractivity contribution in [2.75, 3.05) is 5.32 Å². The molecule has 2 aromatic rings. The van der Waals surface area contributed by atoms with Crippen LogP contribution in [-0.2, 0) is 0 Å². The molecule has 0 bridgehead atoms. The molecule has 0 spiro atoms. The molecule has 0 atom stereocenters. The maximum Gasteiger partial charge on any atom is 0.409 e. The van der Waals surface area contributed by atoms with Crippen molar-refractivity contribution in [1.82, 2.24) is 0 Å². The van der Waals surface area contributed by atoms with Gasteiger partial charge in [0.1, 0.15) is 11.5 Å². The number of carbonyl (C=O) groups is 1. The van der Waals surface area contributed by atoms with Gasteiger partial charge in [-0.2, -0.15) is 0 Å². The van der Waals surface area contributed by atoms with Crippen LogP contribution >= 0.6 is 0 Å². The molecule has 0 unspecified atom stereocenters. The monoisotopic (exact) mass is 223 g/mol. The van der Waals surface area contributed by atoms with Crippen LogP contribution in [0.25, 0.3) is 10.8 Å². The topological polar surface area (TPSA) is 49.3 Å². The minimum absolute atomic E-state index is 0.174. The first-order valence-electron chi connectivity index (χ1n) is 4.46. The van der Waals surface area contributed by atoms with Crippen LogP contribution in [0.3, 0.4) is 0 Å². The molecule has 0 fully saturated rings. The van der Waals surface area contributed by atoms with Gasteiger partial charge in [0.25, 0.3) is 0 Å². The molecule has 82 valence electrons. The van der Waals surface area contributed by atoms with Crippen LogP contribution in [0.2, 0.25) is 0 Å². The Hall–Kier alpha value is -2.17. The molecule has 3 nitrogen and oxygen atoms in total. The highest BCUT2D eigenvalue weighted by Gasteiger charge is 2.14.